The van der Waals surface area contributed by atoms with Gasteiger partial charge in [-0.05, 0) is 55.8 Å². The SMILES string of the molecule is COc1ccc(CC(=O)Oc2ccc3c(c2C)O/C(=C\c2ccc(C)o2)C3=O)cc1. The van der Waals surface area contributed by atoms with Crippen LogP contribution in [0.5, 0.6) is 17.2 Å². The van der Waals surface area contributed by atoms with E-state index in [4.69, 9.17) is 18.6 Å². The molecular formula is C24H20O6. The third-order valence-corrected chi connectivity index (χ3v) is 4.80. The molecule has 0 saturated carbocycles. The number of fused-ring (bicyclic) bond motifs is 1. The van der Waals surface area contributed by atoms with E-state index in [9.17, 15) is 9.59 Å². The average molecular weight is 404 g/mol. The van der Waals surface area contributed by atoms with Crippen molar-refractivity contribution in [2.75, 3.05) is 7.11 Å². The molecule has 1 aliphatic rings. The van der Waals surface area contributed by atoms with Gasteiger partial charge in [-0.15, -0.1) is 0 Å². The molecule has 2 aromatic carbocycles. The normalized spacial score (nSPS) is 13.8. The van der Waals surface area contributed by atoms with Gasteiger partial charge < -0.3 is 18.6 Å². The molecule has 1 aromatic heterocycles. The van der Waals surface area contributed by atoms with Crippen LogP contribution in [-0.4, -0.2) is 18.9 Å². The van der Waals surface area contributed by atoms with Crippen LogP contribution < -0.4 is 14.2 Å². The molecule has 0 unspecified atom stereocenters. The molecule has 6 heteroatoms. The highest BCUT2D eigenvalue weighted by molar-refractivity contribution is 6.14. The molecule has 0 radical (unpaired) electrons. The van der Waals surface area contributed by atoms with Crippen LogP contribution in [-0.2, 0) is 11.2 Å². The zero-order valence-electron chi connectivity index (χ0n) is 16.9. The minimum atomic E-state index is -0.408. The van der Waals surface area contributed by atoms with Crippen molar-refractivity contribution in [1.29, 1.82) is 0 Å². The van der Waals surface area contributed by atoms with Crippen molar-refractivity contribution in [3.63, 3.8) is 0 Å². The van der Waals surface area contributed by atoms with E-state index in [0.29, 0.717) is 28.4 Å². The molecule has 0 atom stereocenters. The van der Waals surface area contributed by atoms with Gasteiger partial charge in [0.1, 0.15) is 28.8 Å². The van der Waals surface area contributed by atoms with Gasteiger partial charge in [0.2, 0.25) is 5.78 Å². The molecule has 0 fully saturated rings. The molecule has 152 valence electrons. The Kier molecular flexibility index (Phi) is 5.14. The van der Waals surface area contributed by atoms with E-state index >= 15 is 0 Å². The second-order valence-electron chi connectivity index (χ2n) is 6.95. The zero-order chi connectivity index (χ0) is 21.3. The number of furan rings is 1. The Balaban J connectivity index is 1.51. The number of carbonyl (C=O) groups excluding carboxylic acids is 2. The van der Waals surface area contributed by atoms with Gasteiger partial charge in [-0.3, -0.25) is 9.59 Å². The third kappa shape index (κ3) is 3.85. The van der Waals surface area contributed by atoms with Crippen LogP contribution in [0.3, 0.4) is 0 Å². The Morgan fingerprint density at radius 2 is 1.80 bits per heavy atom. The van der Waals surface area contributed by atoms with Crippen LogP contribution >= 0.6 is 0 Å². The van der Waals surface area contributed by atoms with Crippen LogP contribution in [0, 0.1) is 13.8 Å². The van der Waals surface area contributed by atoms with Crippen LogP contribution in [0.2, 0.25) is 0 Å². The fourth-order valence-electron chi connectivity index (χ4n) is 3.21. The summed E-state index contributed by atoms with van der Waals surface area (Å²) in [4.78, 5) is 25.0. The number of ether oxygens (including phenoxy) is 3. The number of benzene rings is 2. The van der Waals surface area contributed by atoms with Gasteiger partial charge in [0, 0.05) is 11.6 Å². The van der Waals surface area contributed by atoms with E-state index in [2.05, 4.69) is 0 Å². The van der Waals surface area contributed by atoms with Gasteiger partial charge in [0.15, 0.2) is 5.76 Å². The molecular weight excluding hydrogens is 384 g/mol. The summed E-state index contributed by atoms with van der Waals surface area (Å²) in [5.74, 6) is 2.27. The van der Waals surface area contributed by atoms with Crippen molar-refractivity contribution in [3.8, 4) is 17.2 Å². The maximum absolute atomic E-state index is 12.6. The molecule has 0 spiro atoms. The van der Waals surface area contributed by atoms with E-state index in [1.165, 1.54) is 0 Å². The first-order valence-corrected chi connectivity index (χ1v) is 9.42. The summed E-state index contributed by atoms with van der Waals surface area (Å²) in [5.41, 5.74) is 1.82. The van der Waals surface area contributed by atoms with Gasteiger partial charge >= 0.3 is 5.97 Å². The number of rotatable bonds is 5. The fourth-order valence-corrected chi connectivity index (χ4v) is 3.21. The Morgan fingerprint density at radius 3 is 2.47 bits per heavy atom. The first kappa shape index (κ1) is 19.5. The molecule has 0 N–H and O–H groups in total. The first-order chi connectivity index (χ1) is 14.4. The minimum Gasteiger partial charge on any atom is -0.497 e. The van der Waals surface area contributed by atoms with Crippen molar-refractivity contribution in [2.45, 2.75) is 20.3 Å². The topological polar surface area (TPSA) is 75.0 Å². The summed E-state index contributed by atoms with van der Waals surface area (Å²) in [6.45, 7) is 3.58. The quantitative estimate of drug-likeness (QED) is 0.350. The Hall–Kier alpha value is -3.80. The van der Waals surface area contributed by atoms with E-state index in [0.717, 1.165) is 17.1 Å². The summed E-state index contributed by atoms with van der Waals surface area (Å²) < 4.78 is 21.9. The lowest BCUT2D eigenvalue weighted by molar-refractivity contribution is -0.133. The molecule has 0 bridgehead atoms. The molecule has 4 rings (SSSR count). The van der Waals surface area contributed by atoms with Crippen LogP contribution in [0.25, 0.3) is 6.08 Å². The van der Waals surface area contributed by atoms with Gasteiger partial charge in [-0.25, -0.2) is 0 Å². The average Bonchev–Trinajstić information content (AvgIpc) is 3.28. The number of aryl methyl sites for hydroxylation is 1. The summed E-state index contributed by atoms with van der Waals surface area (Å²) >= 11 is 0. The third-order valence-electron chi connectivity index (χ3n) is 4.80. The van der Waals surface area contributed by atoms with Gasteiger partial charge in [0.25, 0.3) is 0 Å². The summed E-state index contributed by atoms with van der Waals surface area (Å²) in [6.07, 6.45) is 1.67. The number of hydrogen-bond acceptors (Lipinski definition) is 6. The predicted molar refractivity (Wildman–Crippen MR) is 110 cm³/mol. The summed E-state index contributed by atoms with van der Waals surface area (Å²) in [5, 5.41) is 0. The molecule has 1 aliphatic heterocycles. The lowest BCUT2D eigenvalue weighted by atomic mass is 10.1. The second-order valence-corrected chi connectivity index (χ2v) is 6.95. The van der Waals surface area contributed by atoms with Crippen molar-refractivity contribution in [1.82, 2.24) is 0 Å². The lowest BCUT2D eigenvalue weighted by Gasteiger charge is -2.10. The highest BCUT2D eigenvalue weighted by Gasteiger charge is 2.30. The Labute approximate surface area is 173 Å². The van der Waals surface area contributed by atoms with Crippen molar-refractivity contribution >= 4 is 17.8 Å². The molecule has 0 saturated heterocycles. The van der Waals surface area contributed by atoms with Gasteiger partial charge in [0.05, 0.1) is 19.1 Å². The number of Topliss-reactive ketones (excluding diaryl/α,β-unsaturated/α-hetero) is 1. The Morgan fingerprint density at radius 1 is 1.03 bits per heavy atom. The number of hydrogen-bond donors (Lipinski definition) is 0. The summed E-state index contributed by atoms with van der Waals surface area (Å²) in [7, 11) is 1.59. The Bertz CT molecular complexity index is 1150. The zero-order valence-corrected chi connectivity index (χ0v) is 16.9. The smallest absolute Gasteiger partial charge is 0.315 e. The maximum Gasteiger partial charge on any atom is 0.315 e. The fraction of sp³-hybridized carbons (Fsp3) is 0.167. The largest absolute Gasteiger partial charge is 0.497 e. The van der Waals surface area contributed by atoms with Gasteiger partial charge in [-0.1, -0.05) is 12.1 Å². The predicted octanol–water partition coefficient (Wildman–Crippen LogP) is 4.67. The number of carbonyl (C=O) groups is 2. The highest BCUT2D eigenvalue weighted by atomic mass is 16.5. The van der Waals surface area contributed by atoms with Crippen molar-refractivity contribution in [2.24, 2.45) is 0 Å². The lowest BCUT2D eigenvalue weighted by Crippen LogP contribution is -2.12. The number of allylic oxidation sites excluding steroid dienone is 1. The standard InChI is InChI=1S/C24H20O6/c1-14-4-7-18(28-14)13-21-23(26)19-10-11-20(15(2)24(19)30-21)29-22(25)12-16-5-8-17(27-3)9-6-16/h4-11,13H,12H2,1-3H3/b21-13-. The van der Waals surface area contributed by atoms with Crippen molar-refractivity contribution in [3.05, 3.63) is 82.5 Å². The number of methoxy groups -OCH3 is 1. The van der Waals surface area contributed by atoms with Crippen molar-refractivity contribution < 1.29 is 28.2 Å². The monoisotopic (exact) mass is 404 g/mol. The van der Waals surface area contributed by atoms with E-state index in [1.54, 1.807) is 50.4 Å². The second kappa shape index (κ2) is 7.91. The molecule has 30 heavy (non-hydrogen) atoms. The number of ketones is 1. The molecule has 2 heterocycles. The highest BCUT2D eigenvalue weighted by Crippen LogP contribution is 2.39. The first-order valence-electron chi connectivity index (χ1n) is 9.42. The van der Waals surface area contributed by atoms with Gasteiger partial charge in [-0.2, -0.15) is 0 Å². The molecule has 0 amide bonds. The minimum absolute atomic E-state index is 0.114. The van der Waals surface area contributed by atoms with E-state index < -0.39 is 5.97 Å². The van der Waals surface area contributed by atoms with E-state index in [-0.39, 0.29) is 18.0 Å². The van der Waals surface area contributed by atoms with Crippen LogP contribution in [0.1, 0.15) is 33.0 Å². The summed E-state index contributed by atoms with van der Waals surface area (Å²) in [6, 6.07) is 14.0. The number of esters is 1. The molecule has 3 aromatic rings. The molecule has 6 nitrogen and oxygen atoms in total. The van der Waals surface area contributed by atoms with Crippen LogP contribution in [0.15, 0.2) is 58.7 Å². The van der Waals surface area contributed by atoms with E-state index in [1.807, 2.05) is 25.1 Å². The van der Waals surface area contributed by atoms with Crippen LogP contribution in [0.4, 0.5) is 0 Å². The molecule has 0 aliphatic carbocycles. The maximum atomic E-state index is 12.6.